The molecule has 0 radical (unpaired) electrons. The lowest BCUT2D eigenvalue weighted by Crippen LogP contribution is -2.42. The second kappa shape index (κ2) is 7.24. The highest BCUT2D eigenvalue weighted by atomic mass is 127. The molecular weight excluding hydrogens is 389 g/mol. The summed E-state index contributed by atoms with van der Waals surface area (Å²) in [6.45, 7) is 1.66. The fourth-order valence-corrected chi connectivity index (χ4v) is 3.19. The van der Waals surface area contributed by atoms with E-state index in [1.807, 2.05) is 42.5 Å². The van der Waals surface area contributed by atoms with Crippen LogP contribution in [0.3, 0.4) is 0 Å². The van der Waals surface area contributed by atoms with Crippen molar-refractivity contribution in [1.82, 2.24) is 5.32 Å². The first-order chi connectivity index (χ1) is 10.7. The summed E-state index contributed by atoms with van der Waals surface area (Å²) in [5.74, 6) is 0.0151. The Morgan fingerprint density at radius 2 is 1.82 bits per heavy atom. The van der Waals surface area contributed by atoms with E-state index < -0.39 is 0 Å². The second-order valence-corrected chi connectivity index (χ2v) is 6.71. The number of hydrogen-bond donors (Lipinski definition) is 1. The zero-order valence-electron chi connectivity index (χ0n) is 12.2. The molecule has 0 aliphatic carbocycles. The third-order valence-corrected chi connectivity index (χ3v) is 4.71. The summed E-state index contributed by atoms with van der Waals surface area (Å²) in [6.07, 6.45) is 0.859. The fraction of sp³-hybridized carbons (Fsp3) is 0.278. The largest absolute Gasteiger partial charge is 0.457 e. The van der Waals surface area contributed by atoms with Gasteiger partial charge in [-0.1, -0.05) is 30.3 Å². The highest BCUT2D eigenvalue weighted by Crippen LogP contribution is 2.28. The van der Waals surface area contributed by atoms with Crippen LogP contribution in [0.2, 0.25) is 0 Å². The van der Waals surface area contributed by atoms with Gasteiger partial charge < -0.3 is 10.1 Å². The van der Waals surface area contributed by atoms with Crippen molar-refractivity contribution in [2.24, 2.45) is 0 Å². The van der Waals surface area contributed by atoms with Crippen molar-refractivity contribution in [2.45, 2.75) is 18.4 Å². The van der Waals surface area contributed by atoms with Gasteiger partial charge in [-0.25, -0.2) is 4.79 Å². The molecule has 3 rings (SSSR count). The molecule has 0 aromatic heterocycles. The lowest BCUT2D eigenvalue weighted by Gasteiger charge is -2.32. The van der Waals surface area contributed by atoms with Crippen molar-refractivity contribution in [3.8, 4) is 0 Å². The van der Waals surface area contributed by atoms with Crippen LogP contribution in [0.15, 0.2) is 54.6 Å². The van der Waals surface area contributed by atoms with Gasteiger partial charge in [-0.2, -0.15) is 0 Å². The first-order valence-electron chi connectivity index (χ1n) is 7.46. The predicted octanol–water partition coefficient (Wildman–Crippen LogP) is 3.59. The van der Waals surface area contributed by atoms with Gasteiger partial charge in [0.2, 0.25) is 0 Å². The smallest absolute Gasteiger partial charge is 0.338 e. The molecule has 0 bridgehead atoms. The van der Waals surface area contributed by atoms with Crippen LogP contribution in [-0.4, -0.2) is 25.2 Å². The van der Waals surface area contributed by atoms with E-state index in [4.69, 9.17) is 4.74 Å². The number of hydrogen-bond acceptors (Lipinski definition) is 3. The van der Waals surface area contributed by atoms with E-state index in [9.17, 15) is 4.79 Å². The van der Waals surface area contributed by atoms with E-state index in [1.165, 1.54) is 5.56 Å². The van der Waals surface area contributed by atoms with Gasteiger partial charge in [-0.05, 0) is 65.4 Å². The summed E-state index contributed by atoms with van der Waals surface area (Å²) >= 11 is 2.22. The Labute approximate surface area is 144 Å². The standard InChI is InChI=1S/C18H18INO2/c19-15-8-6-14(7-9-15)18(21)22-17-12-20-11-10-16(17)13-4-2-1-3-5-13/h1-9,16-17,20H,10-12H2/t16-,17+/m1/s1. The van der Waals surface area contributed by atoms with E-state index >= 15 is 0 Å². The Kier molecular flexibility index (Phi) is 5.10. The number of esters is 1. The van der Waals surface area contributed by atoms with Crippen LogP contribution in [-0.2, 0) is 4.74 Å². The van der Waals surface area contributed by atoms with Gasteiger partial charge >= 0.3 is 5.97 Å². The molecule has 1 N–H and O–H groups in total. The molecule has 4 heteroatoms. The maximum atomic E-state index is 12.3. The zero-order chi connectivity index (χ0) is 15.4. The summed E-state index contributed by atoms with van der Waals surface area (Å²) < 4.78 is 6.89. The van der Waals surface area contributed by atoms with Crippen LogP contribution in [0.25, 0.3) is 0 Å². The first kappa shape index (κ1) is 15.5. The van der Waals surface area contributed by atoms with Crippen molar-refractivity contribution in [1.29, 1.82) is 0 Å². The molecule has 2 aromatic rings. The summed E-state index contributed by atoms with van der Waals surface area (Å²) in [5, 5.41) is 3.32. The maximum absolute atomic E-state index is 12.3. The summed E-state index contributed by atoms with van der Waals surface area (Å²) in [7, 11) is 0. The van der Waals surface area contributed by atoms with Crippen LogP contribution in [0, 0.1) is 3.57 Å². The second-order valence-electron chi connectivity index (χ2n) is 5.46. The lowest BCUT2D eigenvalue weighted by atomic mass is 9.88. The normalized spacial score (nSPS) is 21.3. The highest BCUT2D eigenvalue weighted by Gasteiger charge is 2.29. The highest BCUT2D eigenvalue weighted by molar-refractivity contribution is 14.1. The van der Waals surface area contributed by atoms with Gasteiger partial charge in [0, 0.05) is 16.0 Å². The van der Waals surface area contributed by atoms with Crippen LogP contribution in [0.4, 0.5) is 0 Å². The molecule has 3 nitrogen and oxygen atoms in total. The summed E-state index contributed by atoms with van der Waals surface area (Å²) in [4.78, 5) is 12.3. The Morgan fingerprint density at radius 1 is 1.09 bits per heavy atom. The topological polar surface area (TPSA) is 38.3 Å². The Hall–Kier alpha value is -1.40. The molecule has 2 atom stereocenters. The number of benzene rings is 2. The van der Waals surface area contributed by atoms with Gasteiger partial charge in [0.25, 0.3) is 0 Å². The van der Waals surface area contributed by atoms with Crippen LogP contribution in [0.1, 0.15) is 28.3 Å². The number of piperidine rings is 1. The molecule has 0 spiro atoms. The molecular formula is C18H18INO2. The van der Waals surface area contributed by atoms with Gasteiger partial charge in [-0.15, -0.1) is 0 Å². The molecule has 2 aromatic carbocycles. The number of carbonyl (C=O) groups is 1. The SMILES string of the molecule is O=C(O[C@H]1CNCC[C@@H]1c1ccccc1)c1ccc(I)cc1. The van der Waals surface area contributed by atoms with E-state index in [2.05, 4.69) is 40.0 Å². The quantitative estimate of drug-likeness (QED) is 0.625. The average Bonchev–Trinajstić information content (AvgIpc) is 2.57. The van der Waals surface area contributed by atoms with Crippen LogP contribution < -0.4 is 5.32 Å². The monoisotopic (exact) mass is 407 g/mol. The molecule has 0 amide bonds. The third-order valence-electron chi connectivity index (χ3n) is 3.99. The Balaban J connectivity index is 1.74. The van der Waals surface area contributed by atoms with Crippen molar-refractivity contribution in [3.05, 3.63) is 69.3 Å². The zero-order valence-corrected chi connectivity index (χ0v) is 14.3. The molecule has 1 fully saturated rings. The Morgan fingerprint density at radius 3 is 2.55 bits per heavy atom. The first-order valence-corrected chi connectivity index (χ1v) is 8.54. The van der Waals surface area contributed by atoms with E-state index in [1.54, 1.807) is 0 Å². The molecule has 1 aliphatic rings. The average molecular weight is 407 g/mol. The van der Waals surface area contributed by atoms with Gasteiger partial charge in [-0.3, -0.25) is 0 Å². The van der Waals surface area contributed by atoms with Gasteiger partial charge in [0.15, 0.2) is 0 Å². The van der Waals surface area contributed by atoms with Crippen LogP contribution in [0.5, 0.6) is 0 Å². The minimum absolute atomic E-state index is 0.122. The lowest BCUT2D eigenvalue weighted by molar-refractivity contribution is 0.0182. The van der Waals surface area contributed by atoms with E-state index in [0.717, 1.165) is 16.5 Å². The number of carbonyl (C=O) groups excluding carboxylic acids is 1. The predicted molar refractivity (Wildman–Crippen MR) is 95.0 cm³/mol. The van der Waals surface area contributed by atoms with Gasteiger partial charge in [0.05, 0.1) is 5.56 Å². The fourth-order valence-electron chi connectivity index (χ4n) is 2.83. The summed E-state index contributed by atoms with van der Waals surface area (Å²) in [6, 6.07) is 17.8. The minimum Gasteiger partial charge on any atom is -0.457 e. The molecule has 1 saturated heterocycles. The molecule has 114 valence electrons. The van der Waals surface area contributed by atoms with Crippen molar-refractivity contribution in [3.63, 3.8) is 0 Å². The number of ether oxygens (including phenoxy) is 1. The third kappa shape index (κ3) is 3.67. The van der Waals surface area contributed by atoms with Crippen molar-refractivity contribution < 1.29 is 9.53 Å². The number of halogens is 1. The molecule has 0 unspecified atom stereocenters. The number of rotatable bonds is 3. The van der Waals surface area contributed by atoms with Crippen molar-refractivity contribution in [2.75, 3.05) is 13.1 Å². The maximum Gasteiger partial charge on any atom is 0.338 e. The summed E-state index contributed by atoms with van der Waals surface area (Å²) in [5.41, 5.74) is 1.85. The minimum atomic E-state index is -0.244. The van der Waals surface area contributed by atoms with Crippen molar-refractivity contribution >= 4 is 28.6 Å². The van der Waals surface area contributed by atoms with Gasteiger partial charge in [0.1, 0.15) is 6.10 Å². The molecule has 22 heavy (non-hydrogen) atoms. The molecule has 1 heterocycles. The molecule has 0 saturated carbocycles. The molecule has 1 aliphatic heterocycles. The van der Waals surface area contributed by atoms with Crippen LogP contribution >= 0.6 is 22.6 Å². The number of nitrogens with one attached hydrogen (secondary N) is 1. The van der Waals surface area contributed by atoms with E-state index in [-0.39, 0.29) is 18.0 Å². The van der Waals surface area contributed by atoms with E-state index in [0.29, 0.717) is 12.1 Å². The Bertz CT molecular complexity index is 627.